The molecule has 138 valence electrons. The van der Waals surface area contributed by atoms with Crippen molar-refractivity contribution in [2.24, 2.45) is 5.73 Å². The van der Waals surface area contributed by atoms with Gasteiger partial charge in [0.1, 0.15) is 0 Å². The number of carbonyl (C=O) groups excluding carboxylic acids is 1. The molecule has 0 aliphatic heterocycles. The number of nitrogens with zero attached hydrogens (tertiary/aromatic N) is 1. The van der Waals surface area contributed by atoms with Gasteiger partial charge in [0.2, 0.25) is 15.9 Å². The van der Waals surface area contributed by atoms with Crippen molar-refractivity contribution in [2.45, 2.75) is 50.1 Å². The molecule has 0 heterocycles. The highest BCUT2D eigenvalue weighted by molar-refractivity contribution is 7.89. The number of rotatable bonds is 7. The maximum absolute atomic E-state index is 12.2. The van der Waals surface area contributed by atoms with Gasteiger partial charge < -0.3 is 11.1 Å². The second kappa shape index (κ2) is 8.80. The molecule has 0 spiro atoms. The molecule has 0 aliphatic carbocycles. The van der Waals surface area contributed by atoms with E-state index in [1.807, 2.05) is 13.8 Å². The zero-order valence-electron chi connectivity index (χ0n) is 14.9. The lowest BCUT2D eigenvalue weighted by atomic mass is 9.95. The molecule has 8 heteroatoms. The molecule has 2 unspecified atom stereocenters. The minimum Gasteiger partial charge on any atom is -0.348 e. The summed E-state index contributed by atoms with van der Waals surface area (Å²) < 4.78 is 25.2. The number of nitrogens with two attached hydrogens (primary N) is 1. The summed E-state index contributed by atoms with van der Waals surface area (Å²) in [4.78, 5) is 12.4. The Hall–Kier alpha value is -1.15. The van der Waals surface area contributed by atoms with Gasteiger partial charge in [-0.15, -0.1) is 12.4 Å². The smallest absolute Gasteiger partial charge is 0.242 e. The molecule has 0 fully saturated rings. The van der Waals surface area contributed by atoms with Crippen molar-refractivity contribution in [1.82, 2.24) is 9.62 Å². The summed E-state index contributed by atoms with van der Waals surface area (Å²) in [5, 5.41) is 2.88. The van der Waals surface area contributed by atoms with Crippen LogP contribution in [0.2, 0.25) is 0 Å². The number of hydrogen-bond donors (Lipinski definition) is 2. The van der Waals surface area contributed by atoms with Crippen LogP contribution in [0, 0.1) is 0 Å². The Bertz CT molecular complexity index is 643. The van der Waals surface area contributed by atoms with Crippen LogP contribution in [-0.4, -0.2) is 38.3 Å². The van der Waals surface area contributed by atoms with Crippen molar-refractivity contribution in [3.05, 3.63) is 29.8 Å². The average Bonchev–Trinajstić information content (AvgIpc) is 2.47. The Balaban J connectivity index is 0.00000529. The van der Waals surface area contributed by atoms with Crippen molar-refractivity contribution in [3.63, 3.8) is 0 Å². The maximum atomic E-state index is 12.2. The van der Waals surface area contributed by atoms with Gasteiger partial charge in [-0.3, -0.25) is 4.79 Å². The van der Waals surface area contributed by atoms with Crippen LogP contribution >= 0.6 is 12.4 Å². The first-order valence-electron chi connectivity index (χ1n) is 7.64. The number of sulfonamides is 1. The second-order valence-electron chi connectivity index (χ2n) is 6.22. The molecule has 24 heavy (non-hydrogen) atoms. The van der Waals surface area contributed by atoms with Crippen LogP contribution in [0.25, 0.3) is 0 Å². The standard InChI is InChI=1S/C16H27N3O3S.ClH/c1-6-11-16(3,17)15(20)18-12(2)13-7-9-14(10-8-13)23(21,22)19(4)5;/h7-10,12H,6,11,17H2,1-5H3,(H,18,20);1H. The average molecular weight is 378 g/mol. The van der Waals surface area contributed by atoms with Crippen molar-refractivity contribution in [2.75, 3.05) is 14.1 Å². The molecule has 1 amide bonds. The number of hydrogen-bond acceptors (Lipinski definition) is 4. The van der Waals surface area contributed by atoms with Crippen LogP contribution in [0.5, 0.6) is 0 Å². The Morgan fingerprint density at radius 1 is 1.29 bits per heavy atom. The Morgan fingerprint density at radius 3 is 2.21 bits per heavy atom. The molecular formula is C16H28ClN3O3S. The maximum Gasteiger partial charge on any atom is 0.242 e. The predicted molar refractivity (Wildman–Crippen MR) is 98.6 cm³/mol. The molecule has 0 aromatic heterocycles. The molecule has 0 aliphatic rings. The van der Waals surface area contributed by atoms with E-state index in [4.69, 9.17) is 5.73 Å². The van der Waals surface area contributed by atoms with E-state index in [0.29, 0.717) is 6.42 Å². The van der Waals surface area contributed by atoms with Crippen LogP contribution in [0.4, 0.5) is 0 Å². The van der Waals surface area contributed by atoms with Gasteiger partial charge in [-0.25, -0.2) is 12.7 Å². The molecule has 6 nitrogen and oxygen atoms in total. The Kier molecular flexibility index (Phi) is 8.38. The highest BCUT2D eigenvalue weighted by Gasteiger charge is 2.28. The van der Waals surface area contributed by atoms with Crippen LogP contribution < -0.4 is 11.1 Å². The summed E-state index contributed by atoms with van der Waals surface area (Å²) in [7, 11) is -0.471. The van der Waals surface area contributed by atoms with E-state index in [1.54, 1.807) is 31.2 Å². The third kappa shape index (κ3) is 5.44. The van der Waals surface area contributed by atoms with Gasteiger partial charge in [0.25, 0.3) is 0 Å². The first-order chi connectivity index (χ1) is 10.5. The van der Waals surface area contributed by atoms with Crippen molar-refractivity contribution >= 4 is 28.3 Å². The summed E-state index contributed by atoms with van der Waals surface area (Å²) in [5.41, 5.74) is 5.93. The van der Waals surface area contributed by atoms with E-state index >= 15 is 0 Å². The van der Waals surface area contributed by atoms with Crippen molar-refractivity contribution < 1.29 is 13.2 Å². The molecule has 1 aromatic carbocycles. The van der Waals surface area contributed by atoms with Crippen LogP contribution in [0.15, 0.2) is 29.2 Å². The monoisotopic (exact) mass is 377 g/mol. The second-order valence-corrected chi connectivity index (χ2v) is 8.37. The van der Waals surface area contributed by atoms with E-state index in [-0.39, 0.29) is 29.3 Å². The van der Waals surface area contributed by atoms with E-state index < -0.39 is 15.6 Å². The lowest BCUT2D eigenvalue weighted by Gasteiger charge is -2.25. The topological polar surface area (TPSA) is 92.5 Å². The van der Waals surface area contributed by atoms with Crippen molar-refractivity contribution in [3.8, 4) is 0 Å². The Labute approximate surface area is 151 Å². The number of carbonyl (C=O) groups is 1. The first-order valence-corrected chi connectivity index (χ1v) is 9.08. The van der Waals surface area contributed by atoms with E-state index in [2.05, 4.69) is 5.32 Å². The summed E-state index contributed by atoms with van der Waals surface area (Å²) in [6.07, 6.45) is 1.43. The third-order valence-electron chi connectivity index (χ3n) is 3.79. The minimum absolute atomic E-state index is 0. The predicted octanol–water partition coefficient (Wildman–Crippen LogP) is 2.05. The Morgan fingerprint density at radius 2 is 1.79 bits per heavy atom. The van der Waals surface area contributed by atoms with E-state index in [1.165, 1.54) is 14.1 Å². The van der Waals surface area contributed by atoms with Gasteiger partial charge in [0.05, 0.1) is 16.5 Å². The largest absolute Gasteiger partial charge is 0.348 e. The lowest BCUT2D eigenvalue weighted by molar-refractivity contribution is -0.126. The fraction of sp³-hybridized carbons (Fsp3) is 0.562. The number of amides is 1. The fourth-order valence-corrected chi connectivity index (χ4v) is 3.12. The summed E-state index contributed by atoms with van der Waals surface area (Å²) in [6, 6.07) is 6.24. The number of halogens is 1. The van der Waals surface area contributed by atoms with E-state index in [9.17, 15) is 13.2 Å². The number of nitrogens with one attached hydrogen (secondary N) is 1. The van der Waals surface area contributed by atoms with Gasteiger partial charge in [-0.1, -0.05) is 25.5 Å². The summed E-state index contributed by atoms with van der Waals surface area (Å²) in [5.74, 6) is -0.211. The summed E-state index contributed by atoms with van der Waals surface area (Å²) >= 11 is 0. The molecule has 0 saturated heterocycles. The van der Waals surface area contributed by atoms with Gasteiger partial charge in [0, 0.05) is 14.1 Å². The van der Waals surface area contributed by atoms with Crippen molar-refractivity contribution in [1.29, 1.82) is 0 Å². The molecule has 1 aromatic rings. The van der Waals surface area contributed by atoms with Crippen LogP contribution in [0.1, 0.15) is 45.2 Å². The lowest BCUT2D eigenvalue weighted by Crippen LogP contribution is -2.52. The van der Waals surface area contributed by atoms with Gasteiger partial charge in [-0.2, -0.15) is 0 Å². The van der Waals surface area contributed by atoms with Gasteiger partial charge in [0.15, 0.2) is 0 Å². The quantitative estimate of drug-likeness (QED) is 0.760. The molecule has 0 bridgehead atoms. The third-order valence-corrected chi connectivity index (χ3v) is 5.62. The highest BCUT2D eigenvalue weighted by Crippen LogP contribution is 2.19. The van der Waals surface area contributed by atoms with Gasteiger partial charge in [-0.05, 0) is 38.0 Å². The highest BCUT2D eigenvalue weighted by atomic mass is 35.5. The van der Waals surface area contributed by atoms with E-state index in [0.717, 1.165) is 16.3 Å². The molecule has 3 N–H and O–H groups in total. The van der Waals surface area contributed by atoms with Crippen LogP contribution in [0.3, 0.4) is 0 Å². The molecule has 0 saturated carbocycles. The fourth-order valence-electron chi connectivity index (χ4n) is 2.22. The molecule has 0 radical (unpaired) electrons. The molecule has 2 atom stereocenters. The molecular weight excluding hydrogens is 350 g/mol. The normalized spacial score (nSPS) is 15.3. The summed E-state index contributed by atoms with van der Waals surface area (Å²) in [6.45, 7) is 5.53. The first kappa shape index (κ1) is 22.9. The minimum atomic E-state index is -3.45. The van der Waals surface area contributed by atoms with Gasteiger partial charge >= 0.3 is 0 Å². The zero-order valence-corrected chi connectivity index (χ0v) is 16.5. The zero-order chi connectivity index (χ0) is 17.8. The SMILES string of the molecule is CCCC(C)(N)C(=O)NC(C)c1ccc(S(=O)(=O)N(C)C)cc1.Cl. The molecule has 1 rings (SSSR count). The number of benzene rings is 1. The van der Waals surface area contributed by atoms with Crippen LogP contribution in [-0.2, 0) is 14.8 Å².